The maximum atomic E-state index is 14.2. The Labute approximate surface area is 171 Å². The number of carbonyl (C=O) groups is 3. The van der Waals surface area contributed by atoms with Crippen molar-refractivity contribution in [3.05, 3.63) is 47.6 Å². The van der Waals surface area contributed by atoms with E-state index >= 15 is 0 Å². The zero-order chi connectivity index (χ0) is 21.7. The van der Waals surface area contributed by atoms with Crippen molar-refractivity contribution in [3.8, 4) is 0 Å². The molecule has 1 aliphatic carbocycles. The van der Waals surface area contributed by atoms with E-state index in [4.69, 9.17) is 10.3 Å². The van der Waals surface area contributed by atoms with Gasteiger partial charge in [-0.15, -0.1) is 0 Å². The van der Waals surface area contributed by atoms with Crippen LogP contribution in [0, 0.1) is 0 Å². The zero-order valence-corrected chi connectivity index (χ0v) is 16.1. The largest absolute Gasteiger partial charge is 0.370 e. The molecule has 0 radical (unpaired) electrons. The van der Waals surface area contributed by atoms with E-state index in [-0.39, 0.29) is 11.8 Å². The highest BCUT2D eigenvalue weighted by Gasteiger charge is 2.34. The number of ketones is 1. The van der Waals surface area contributed by atoms with Gasteiger partial charge < -0.3 is 15.6 Å². The first kappa shape index (κ1) is 21.5. The fourth-order valence-corrected chi connectivity index (χ4v) is 2.95. The van der Waals surface area contributed by atoms with Gasteiger partial charge >= 0.3 is 0 Å². The Kier molecular flexibility index (Phi) is 6.53. The second-order valence-corrected chi connectivity index (χ2v) is 7.41. The molecule has 1 aliphatic rings. The standard InChI is InChI=1S/C20H22F2N4O4/c21-20(22,11-12-4-2-1-3-5-12)9-8-16(28)24-14(10-15(23)27)17(29)19-25-18(26-30-19)13-6-7-13/h1-5,13-14H,6-11H2,(H2,23,27)(H,24,28)/t14-/m0/s1. The summed E-state index contributed by atoms with van der Waals surface area (Å²) in [5.41, 5.74) is 5.60. The first-order valence-electron chi connectivity index (χ1n) is 9.61. The van der Waals surface area contributed by atoms with E-state index < -0.39 is 55.2 Å². The summed E-state index contributed by atoms with van der Waals surface area (Å²) in [6, 6.07) is 6.84. The Bertz CT molecular complexity index is 913. The molecule has 1 fully saturated rings. The van der Waals surface area contributed by atoms with Crippen molar-refractivity contribution in [3.63, 3.8) is 0 Å². The average Bonchev–Trinajstić information content (AvgIpc) is 3.42. The molecule has 30 heavy (non-hydrogen) atoms. The van der Waals surface area contributed by atoms with Crippen LogP contribution in [0.1, 0.15) is 60.1 Å². The van der Waals surface area contributed by atoms with Crippen LogP contribution in [0.5, 0.6) is 0 Å². The van der Waals surface area contributed by atoms with E-state index in [0.717, 1.165) is 12.8 Å². The van der Waals surface area contributed by atoms with E-state index in [0.29, 0.717) is 11.4 Å². The molecule has 8 nitrogen and oxygen atoms in total. The Morgan fingerprint density at radius 3 is 2.57 bits per heavy atom. The third-order valence-corrected chi connectivity index (χ3v) is 4.68. The number of nitrogens with zero attached hydrogens (tertiary/aromatic N) is 2. The molecule has 1 aromatic carbocycles. The van der Waals surface area contributed by atoms with Crippen molar-refractivity contribution in [1.29, 1.82) is 0 Å². The highest BCUT2D eigenvalue weighted by atomic mass is 19.3. The van der Waals surface area contributed by atoms with Gasteiger partial charge in [-0.05, 0) is 18.4 Å². The Balaban J connectivity index is 1.57. The number of hydrogen-bond donors (Lipinski definition) is 2. The minimum atomic E-state index is -3.10. The topological polar surface area (TPSA) is 128 Å². The molecule has 2 aromatic rings. The van der Waals surface area contributed by atoms with Gasteiger partial charge in [0.25, 0.3) is 11.8 Å². The first-order valence-corrected chi connectivity index (χ1v) is 9.61. The number of rotatable bonds is 11. The second-order valence-electron chi connectivity index (χ2n) is 7.41. The SMILES string of the molecule is NC(=O)C[C@H](NC(=O)CCC(F)(F)Cc1ccccc1)C(=O)c1nc(C2CC2)no1. The van der Waals surface area contributed by atoms with Gasteiger partial charge in [0.05, 0.1) is 6.42 Å². The summed E-state index contributed by atoms with van der Waals surface area (Å²) >= 11 is 0. The van der Waals surface area contributed by atoms with Crippen LogP contribution in [0.3, 0.4) is 0 Å². The third-order valence-electron chi connectivity index (χ3n) is 4.68. The lowest BCUT2D eigenvalue weighted by Gasteiger charge is -2.18. The number of nitrogens with one attached hydrogen (secondary N) is 1. The van der Waals surface area contributed by atoms with Gasteiger partial charge in [0.15, 0.2) is 5.82 Å². The molecule has 0 unspecified atom stereocenters. The maximum Gasteiger partial charge on any atom is 0.296 e. The van der Waals surface area contributed by atoms with E-state index in [1.165, 1.54) is 0 Å². The molecule has 3 rings (SSSR count). The van der Waals surface area contributed by atoms with Crippen molar-refractivity contribution < 1.29 is 27.7 Å². The smallest absolute Gasteiger partial charge is 0.296 e. The molecular formula is C20H22F2N4O4. The lowest BCUT2D eigenvalue weighted by Crippen LogP contribution is -2.44. The number of carbonyl (C=O) groups excluding carboxylic acids is 3. The summed E-state index contributed by atoms with van der Waals surface area (Å²) in [7, 11) is 0. The molecule has 10 heteroatoms. The number of halogens is 2. The van der Waals surface area contributed by atoms with Crippen molar-refractivity contribution >= 4 is 17.6 Å². The summed E-state index contributed by atoms with van der Waals surface area (Å²) in [5.74, 6) is -5.34. The number of alkyl halides is 2. The Morgan fingerprint density at radius 2 is 1.93 bits per heavy atom. The second kappa shape index (κ2) is 9.10. The highest BCUT2D eigenvalue weighted by Crippen LogP contribution is 2.38. The lowest BCUT2D eigenvalue weighted by molar-refractivity contribution is -0.124. The normalized spacial score (nSPS) is 14.9. The van der Waals surface area contributed by atoms with Gasteiger partial charge in [0.1, 0.15) is 6.04 Å². The Morgan fingerprint density at radius 1 is 1.23 bits per heavy atom. The molecule has 1 atom stereocenters. The summed E-state index contributed by atoms with van der Waals surface area (Å²) in [5, 5.41) is 6.00. The van der Waals surface area contributed by atoms with Crippen LogP contribution in [-0.4, -0.2) is 39.7 Å². The van der Waals surface area contributed by atoms with Crippen LogP contribution in [0.15, 0.2) is 34.9 Å². The molecular weight excluding hydrogens is 398 g/mol. The van der Waals surface area contributed by atoms with Gasteiger partial charge in [-0.2, -0.15) is 4.98 Å². The van der Waals surface area contributed by atoms with Crippen molar-refractivity contribution in [2.24, 2.45) is 5.73 Å². The number of Topliss-reactive ketones (excluding diaryl/α,β-unsaturated/α-hetero) is 1. The third kappa shape index (κ3) is 6.16. The predicted molar refractivity (Wildman–Crippen MR) is 101 cm³/mol. The molecule has 0 spiro atoms. The number of benzene rings is 1. The first-order chi connectivity index (χ1) is 14.2. The lowest BCUT2D eigenvalue weighted by atomic mass is 10.0. The number of hydrogen-bond acceptors (Lipinski definition) is 6. The predicted octanol–water partition coefficient (Wildman–Crippen LogP) is 2.15. The Hall–Kier alpha value is -3.17. The fourth-order valence-electron chi connectivity index (χ4n) is 2.95. The van der Waals surface area contributed by atoms with Crippen LogP contribution in [0.25, 0.3) is 0 Å². The molecule has 160 valence electrons. The molecule has 2 amide bonds. The molecule has 0 bridgehead atoms. The fraction of sp³-hybridized carbons (Fsp3) is 0.450. The molecule has 0 saturated heterocycles. The summed E-state index contributed by atoms with van der Waals surface area (Å²) in [6.45, 7) is 0. The maximum absolute atomic E-state index is 14.2. The van der Waals surface area contributed by atoms with Crippen molar-refractivity contribution in [2.75, 3.05) is 0 Å². The molecule has 1 saturated carbocycles. The highest BCUT2D eigenvalue weighted by molar-refractivity contribution is 6.00. The number of aromatic nitrogens is 2. The number of amides is 2. The zero-order valence-electron chi connectivity index (χ0n) is 16.1. The quantitative estimate of drug-likeness (QED) is 0.536. The van der Waals surface area contributed by atoms with Crippen LogP contribution in [0.4, 0.5) is 8.78 Å². The summed E-state index contributed by atoms with van der Waals surface area (Å²) in [4.78, 5) is 40.0. The van der Waals surface area contributed by atoms with Crippen LogP contribution in [0.2, 0.25) is 0 Å². The summed E-state index contributed by atoms with van der Waals surface area (Å²) < 4.78 is 33.3. The van der Waals surface area contributed by atoms with Crippen molar-refractivity contribution in [1.82, 2.24) is 15.5 Å². The van der Waals surface area contributed by atoms with Gasteiger partial charge in [-0.25, -0.2) is 8.78 Å². The van der Waals surface area contributed by atoms with Crippen LogP contribution < -0.4 is 11.1 Å². The van der Waals surface area contributed by atoms with Gasteiger partial charge in [-0.1, -0.05) is 35.5 Å². The van der Waals surface area contributed by atoms with Gasteiger partial charge in [-0.3, -0.25) is 14.4 Å². The van der Waals surface area contributed by atoms with E-state index in [1.54, 1.807) is 30.3 Å². The van der Waals surface area contributed by atoms with Gasteiger partial charge in [0, 0.05) is 25.2 Å². The average molecular weight is 420 g/mol. The van der Waals surface area contributed by atoms with E-state index in [2.05, 4.69) is 15.5 Å². The van der Waals surface area contributed by atoms with E-state index in [9.17, 15) is 23.2 Å². The summed E-state index contributed by atoms with van der Waals surface area (Å²) in [6.07, 6.45) is -0.461. The van der Waals surface area contributed by atoms with Gasteiger partial charge in [0.2, 0.25) is 17.6 Å². The van der Waals surface area contributed by atoms with Crippen LogP contribution in [-0.2, 0) is 16.0 Å². The molecule has 3 N–H and O–H groups in total. The molecule has 1 heterocycles. The molecule has 0 aliphatic heterocycles. The van der Waals surface area contributed by atoms with Crippen molar-refractivity contribution in [2.45, 2.75) is 56.4 Å². The van der Waals surface area contributed by atoms with E-state index in [1.807, 2.05) is 0 Å². The monoisotopic (exact) mass is 420 g/mol. The number of nitrogens with two attached hydrogens (primary N) is 1. The minimum Gasteiger partial charge on any atom is -0.370 e. The van der Waals surface area contributed by atoms with Crippen LogP contribution >= 0.6 is 0 Å². The minimum absolute atomic E-state index is 0.145. The number of primary amides is 1. The molecule has 1 aromatic heterocycles.